The van der Waals surface area contributed by atoms with E-state index in [4.69, 9.17) is 10.2 Å². The van der Waals surface area contributed by atoms with Gasteiger partial charge in [0.05, 0.1) is 0 Å². The SMILES string of the molecule is C/[CH]=[Ti](\[C]1=CC=CC1)[CH]1C=Cc2ccccc21.CO.CO. The Balaban J connectivity index is 0.000000510. The van der Waals surface area contributed by atoms with Crippen molar-refractivity contribution in [3.8, 4) is 0 Å². The van der Waals surface area contributed by atoms with E-state index in [0.717, 1.165) is 14.2 Å². The van der Waals surface area contributed by atoms with E-state index in [1.807, 2.05) is 0 Å². The molecule has 0 amide bonds. The molecule has 0 bridgehead atoms. The molecule has 1 unspecified atom stereocenters. The van der Waals surface area contributed by atoms with E-state index >= 15 is 0 Å². The van der Waals surface area contributed by atoms with Gasteiger partial charge in [-0.2, -0.15) is 0 Å². The van der Waals surface area contributed by atoms with Crippen LogP contribution in [0.25, 0.3) is 6.08 Å². The van der Waals surface area contributed by atoms with Crippen LogP contribution in [0.3, 0.4) is 0 Å². The van der Waals surface area contributed by atoms with E-state index in [-0.39, 0.29) is 0 Å². The first-order valence-electron chi connectivity index (χ1n) is 7.09. The van der Waals surface area contributed by atoms with Gasteiger partial charge in [0.2, 0.25) is 0 Å². The molecule has 21 heavy (non-hydrogen) atoms. The van der Waals surface area contributed by atoms with Gasteiger partial charge in [0, 0.05) is 14.2 Å². The summed E-state index contributed by atoms with van der Waals surface area (Å²) < 4.78 is 4.91. The second-order valence-corrected chi connectivity index (χ2v) is 8.83. The zero-order chi connectivity index (χ0) is 15.7. The smallest absolute Gasteiger partial charge is 0.0319 e. The van der Waals surface area contributed by atoms with Crippen LogP contribution in [0.2, 0.25) is 0 Å². The molecule has 112 valence electrons. The quantitative estimate of drug-likeness (QED) is 0.821. The molecule has 3 heteroatoms. The van der Waals surface area contributed by atoms with Crippen LogP contribution in [-0.2, 0) is 17.4 Å². The average Bonchev–Trinajstić information content (AvgIpc) is 3.23. The number of fused-ring (bicyclic) bond motifs is 1. The maximum atomic E-state index is 7.00. The van der Waals surface area contributed by atoms with E-state index in [9.17, 15) is 0 Å². The van der Waals surface area contributed by atoms with Crippen LogP contribution >= 0.6 is 0 Å². The van der Waals surface area contributed by atoms with Gasteiger partial charge in [-0.05, 0) is 0 Å². The fourth-order valence-corrected chi connectivity index (χ4v) is 6.92. The van der Waals surface area contributed by atoms with Crippen molar-refractivity contribution < 1.29 is 27.6 Å². The van der Waals surface area contributed by atoms with Crippen molar-refractivity contribution in [2.45, 2.75) is 17.6 Å². The second kappa shape index (κ2) is 9.80. The molecule has 0 saturated heterocycles. The summed E-state index contributed by atoms with van der Waals surface area (Å²) in [6, 6.07) is 8.85. The predicted molar refractivity (Wildman–Crippen MR) is 88.1 cm³/mol. The van der Waals surface area contributed by atoms with Gasteiger partial charge < -0.3 is 10.2 Å². The van der Waals surface area contributed by atoms with Gasteiger partial charge in [0.15, 0.2) is 0 Å². The first-order valence-corrected chi connectivity index (χ1v) is 9.67. The van der Waals surface area contributed by atoms with Crippen molar-refractivity contribution in [1.82, 2.24) is 0 Å². The predicted octanol–water partition coefficient (Wildman–Crippen LogP) is 3.26. The first-order chi connectivity index (χ1) is 10.4. The minimum atomic E-state index is -1.27. The molecule has 2 N–H and O–H groups in total. The summed E-state index contributed by atoms with van der Waals surface area (Å²) in [7, 11) is 2.00. The Morgan fingerprint density at radius 2 is 1.86 bits per heavy atom. The molecule has 2 nitrogen and oxygen atoms in total. The summed E-state index contributed by atoms with van der Waals surface area (Å²) in [5.74, 6) is 0. The Kier molecular flexibility index (Phi) is 8.40. The third-order valence-electron chi connectivity index (χ3n) is 3.59. The number of hydrogen-bond acceptors (Lipinski definition) is 2. The van der Waals surface area contributed by atoms with Gasteiger partial charge in [-0.1, -0.05) is 0 Å². The minimum absolute atomic E-state index is 0.697. The summed E-state index contributed by atoms with van der Waals surface area (Å²) in [5, 5.41) is 14.0. The van der Waals surface area contributed by atoms with E-state index in [1.54, 1.807) is 9.44 Å². The molecule has 1 aromatic rings. The third-order valence-corrected chi connectivity index (χ3v) is 8.13. The number of aliphatic hydroxyl groups excluding tert-OH is 2. The summed E-state index contributed by atoms with van der Waals surface area (Å²) in [6.45, 7) is 2.25. The topological polar surface area (TPSA) is 40.5 Å². The monoisotopic (exact) mass is 320 g/mol. The molecule has 2 aliphatic carbocycles. The van der Waals surface area contributed by atoms with Crippen LogP contribution in [0.4, 0.5) is 0 Å². The van der Waals surface area contributed by atoms with Gasteiger partial charge in [-0.3, -0.25) is 0 Å². The van der Waals surface area contributed by atoms with Gasteiger partial charge in [0.1, 0.15) is 0 Å². The van der Waals surface area contributed by atoms with Crippen molar-refractivity contribution >= 4 is 10.4 Å². The van der Waals surface area contributed by atoms with E-state index in [1.165, 1.54) is 12.0 Å². The van der Waals surface area contributed by atoms with Crippen molar-refractivity contribution in [1.29, 1.82) is 0 Å². The fraction of sp³-hybridized carbons (Fsp3) is 0.278. The Bertz CT molecular complexity index is 568. The Hall–Kier alpha value is -1.06. The standard InChI is InChI=1S/C9H7.C5H5.C2H4.2CH4O.Ti/c1-2-5-9-7-3-6-8(9)4-1;1-2-4-5-3-1;3*1-2;/h1-7H;1-3H,4H2;1H,2H3;2*2H,1H3;. The average molecular weight is 320 g/mol. The number of hydrogen-bond donors (Lipinski definition) is 2. The van der Waals surface area contributed by atoms with Crippen molar-refractivity contribution in [3.63, 3.8) is 0 Å². The fourth-order valence-electron chi connectivity index (χ4n) is 2.75. The Labute approximate surface area is 133 Å². The van der Waals surface area contributed by atoms with Gasteiger partial charge in [-0.15, -0.1) is 0 Å². The van der Waals surface area contributed by atoms with E-state index in [0.29, 0.717) is 4.22 Å². The van der Waals surface area contributed by atoms with Gasteiger partial charge in [0.25, 0.3) is 0 Å². The summed E-state index contributed by atoms with van der Waals surface area (Å²) >= 11 is -1.27. The molecule has 0 aliphatic heterocycles. The molecule has 2 aliphatic rings. The zero-order valence-electron chi connectivity index (χ0n) is 13.0. The molecular weight excluding hydrogens is 296 g/mol. The molecule has 0 saturated carbocycles. The minimum Gasteiger partial charge on any atom is -0.400 e. The third kappa shape index (κ3) is 4.21. The van der Waals surface area contributed by atoms with Crippen molar-refractivity contribution in [2.24, 2.45) is 0 Å². The summed E-state index contributed by atoms with van der Waals surface area (Å²) in [5.41, 5.74) is 2.98. The van der Waals surface area contributed by atoms with Gasteiger partial charge >= 0.3 is 109 Å². The molecular formula is C18H24O2Ti. The number of aliphatic hydroxyl groups is 2. The molecule has 0 heterocycles. The number of allylic oxidation sites excluding steroid dienone is 5. The second-order valence-electron chi connectivity index (χ2n) is 4.53. The Morgan fingerprint density at radius 1 is 1.14 bits per heavy atom. The zero-order valence-corrected chi connectivity index (χ0v) is 14.5. The van der Waals surface area contributed by atoms with E-state index in [2.05, 4.69) is 65.9 Å². The summed E-state index contributed by atoms with van der Waals surface area (Å²) in [4.78, 5) is 0. The summed E-state index contributed by atoms with van der Waals surface area (Å²) in [6.07, 6.45) is 12.8. The van der Waals surface area contributed by atoms with Gasteiger partial charge in [-0.25, -0.2) is 0 Å². The number of rotatable bonds is 2. The molecule has 0 radical (unpaired) electrons. The molecule has 0 aromatic heterocycles. The van der Waals surface area contributed by atoms with Crippen molar-refractivity contribution in [3.05, 3.63) is 63.6 Å². The largest absolute Gasteiger partial charge is 0.400 e. The van der Waals surface area contributed by atoms with Crippen molar-refractivity contribution in [2.75, 3.05) is 14.2 Å². The van der Waals surface area contributed by atoms with E-state index < -0.39 is 17.4 Å². The van der Waals surface area contributed by atoms with Crippen LogP contribution in [0.1, 0.15) is 28.7 Å². The molecule has 3 rings (SSSR count). The maximum Gasteiger partial charge on any atom is 0.0319 e. The molecule has 0 spiro atoms. The molecule has 1 aromatic carbocycles. The van der Waals surface area contributed by atoms with Crippen LogP contribution in [0.15, 0.2) is 52.4 Å². The molecule has 1 atom stereocenters. The first kappa shape index (κ1) is 18.0. The van der Waals surface area contributed by atoms with Crippen LogP contribution in [-0.4, -0.2) is 28.7 Å². The Morgan fingerprint density at radius 3 is 2.48 bits per heavy atom. The number of benzene rings is 1. The van der Waals surface area contributed by atoms with Crippen LogP contribution in [0, 0.1) is 0 Å². The molecule has 0 fully saturated rings. The maximum absolute atomic E-state index is 7.00. The van der Waals surface area contributed by atoms with Crippen LogP contribution in [0.5, 0.6) is 0 Å². The normalized spacial score (nSPS) is 18.2. The van der Waals surface area contributed by atoms with Crippen LogP contribution < -0.4 is 0 Å².